The van der Waals surface area contributed by atoms with E-state index in [1.807, 2.05) is 30.3 Å². The number of hydrazine groups is 1. The van der Waals surface area contributed by atoms with Crippen LogP contribution in [0, 0.1) is 0 Å². The van der Waals surface area contributed by atoms with E-state index in [1.54, 1.807) is 6.08 Å². The zero-order valence-electron chi connectivity index (χ0n) is 6.81. The van der Waals surface area contributed by atoms with Crippen molar-refractivity contribution in [3.8, 4) is 0 Å². The van der Waals surface area contributed by atoms with Gasteiger partial charge in [0, 0.05) is 0 Å². The Kier molecular flexibility index (Phi) is 1.96. The van der Waals surface area contributed by atoms with Gasteiger partial charge in [-0.3, -0.25) is 5.43 Å². The van der Waals surface area contributed by atoms with E-state index in [-0.39, 0.29) is 5.34 Å². The van der Waals surface area contributed by atoms with E-state index in [0.29, 0.717) is 5.70 Å². The number of nitrogens with zero attached hydrogens (tertiary/aromatic N) is 2. The van der Waals surface area contributed by atoms with Crippen LogP contribution in [0.2, 0.25) is 0 Å². The van der Waals surface area contributed by atoms with Gasteiger partial charge in [0.05, 0.1) is 11.9 Å². The molecule has 3 nitrogen and oxygen atoms in total. The van der Waals surface area contributed by atoms with E-state index >= 15 is 0 Å². The lowest BCUT2D eigenvalue weighted by molar-refractivity contribution is -0.00812. The molecule has 0 amide bonds. The molecule has 1 N–H and O–H groups in total. The predicted molar refractivity (Wildman–Crippen MR) is 49.0 cm³/mol. The Morgan fingerprint density at radius 2 is 2.00 bits per heavy atom. The quantitative estimate of drug-likeness (QED) is 0.661. The van der Waals surface area contributed by atoms with E-state index < -0.39 is 0 Å². The van der Waals surface area contributed by atoms with Gasteiger partial charge in [-0.05, 0) is 17.0 Å². The second kappa shape index (κ2) is 3.26. The molecule has 13 heavy (non-hydrogen) atoms. The molecule has 1 heterocycles. The van der Waals surface area contributed by atoms with E-state index in [1.165, 1.54) is 6.21 Å². The van der Waals surface area contributed by atoms with Gasteiger partial charge in [-0.25, -0.2) is 0 Å². The molecule has 0 unspecified atom stereocenters. The van der Waals surface area contributed by atoms with Crippen molar-refractivity contribution < 1.29 is 4.48 Å². The summed E-state index contributed by atoms with van der Waals surface area (Å²) in [6, 6.07) is 9.49. The SMILES string of the molecule is FN1N=CC=C(c2ccccc2)N1. The molecule has 0 bridgehead atoms. The molecule has 1 aliphatic heterocycles. The fourth-order valence-electron chi connectivity index (χ4n) is 1.11. The van der Waals surface area contributed by atoms with Crippen molar-refractivity contribution in [2.24, 2.45) is 5.10 Å². The minimum Gasteiger partial charge on any atom is -0.253 e. The predicted octanol–water partition coefficient (Wildman–Crippen LogP) is 1.72. The first-order valence-corrected chi connectivity index (χ1v) is 3.88. The van der Waals surface area contributed by atoms with E-state index in [2.05, 4.69) is 10.5 Å². The molecular formula is C9H8FN3. The fourth-order valence-corrected chi connectivity index (χ4v) is 1.11. The molecule has 66 valence electrons. The number of hydrogen-bond acceptors (Lipinski definition) is 3. The second-order valence-electron chi connectivity index (χ2n) is 2.58. The molecule has 4 heteroatoms. The molecule has 1 aromatic carbocycles. The fraction of sp³-hybridized carbons (Fsp3) is 0. The Hall–Kier alpha value is -1.84. The van der Waals surface area contributed by atoms with Crippen LogP contribution in [-0.4, -0.2) is 11.6 Å². The lowest BCUT2D eigenvalue weighted by Crippen LogP contribution is -2.27. The smallest absolute Gasteiger partial charge is 0.0673 e. The molecule has 0 spiro atoms. The first kappa shape index (κ1) is 7.79. The van der Waals surface area contributed by atoms with Gasteiger partial charge in [0.25, 0.3) is 0 Å². The number of allylic oxidation sites excluding steroid dienone is 1. The lowest BCUT2D eigenvalue weighted by Gasteiger charge is -2.16. The average molecular weight is 177 g/mol. The number of halogens is 1. The van der Waals surface area contributed by atoms with Crippen molar-refractivity contribution in [2.45, 2.75) is 0 Å². The van der Waals surface area contributed by atoms with Gasteiger partial charge >= 0.3 is 0 Å². The zero-order valence-corrected chi connectivity index (χ0v) is 6.81. The summed E-state index contributed by atoms with van der Waals surface area (Å²) in [4.78, 5) is 0. The Labute approximate surface area is 75.1 Å². The molecule has 1 aliphatic rings. The van der Waals surface area contributed by atoms with Crippen molar-refractivity contribution in [3.63, 3.8) is 0 Å². The maximum Gasteiger partial charge on any atom is 0.0673 e. The third-order valence-corrected chi connectivity index (χ3v) is 1.71. The number of hydrogen-bond donors (Lipinski definition) is 1. The first-order chi connectivity index (χ1) is 6.36. The van der Waals surface area contributed by atoms with Crippen molar-refractivity contribution in [3.05, 3.63) is 42.0 Å². The molecule has 0 aliphatic carbocycles. The van der Waals surface area contributed by atoms with Gasteiger partial charge < -0.3 is 0 Å². The summed E-state index contributed by atoms with van der Waals surface area (Å²) in [6.07, 6.45) is 3.12. The Balaban J connectivity index is 2.28. The topological polar surface area (TPSA) is 27.6 Å². The molecular weight excluding hydrogens is 169 g/mol. The zero-order chi connectivity index (χ0) is 9.10. The van der Waals surface area contributed by atoms with Gasteiger partial charge in [-0.1, -0.05) is 34.8 Å². The maximum atomic E-state index is 12.6. The number of nitrogens with one attached hydrogen (secondary N) is 1. The minimum atomic E-state index is 0.183. The highest BCUT2D eigenvalue weighted by Crippen LogP contribution is 2.12. The van der Waals surface area contributed by atoms with Gasteiger partial charge in [-0.2, -0.15) is 0 Å². The Morgan fingerprint density at radius 3 is 2.69 bits per heavy atom. The second-order valence-corrected chi connectivity index (χ2v) is 2.58. The van der Waals surface area contributed by atoms with Crippen LogP contribution in [0.5, 0.6) is 0 Å². The van der Waals surface area contributed by atoms with Crippen LogP contribution in [0.4, 0.5) is 4.48 Å². The average Bonchev–Trinajstić information content (AvgIpc) is 2.19. The highest BCUT2D eigenvalue weighted by Gasteiger charge is 2.06. The van der Waals surface area contributed by atoms with E-state index in [9.17, 15) is 4.48 Å². The minimum absolute atomic E-state index is 0.183. The van der Waals surface area contributed by atoms with Crippen LogP contribution < -0.4 is 5.43 Å². The summed E-state index contributed by atoms with van der Waals surface area (Å²) in [5.74, 6) is 0. The summed E-state index contributed by atoms with van der Waals surface area (Å²) in [5, 5.41) is 3.54. The van der Waals surface area contributed by atoms with Crippen LogP contribution in [-0.2, 0) is 0 Å². The third-order valence-electron chi connectivity index (χ3n) is 1.71. The number of rotatable bonds is 1. The molecule has 0 saturated heterocycles. The van der Waals surface area contributed by atoms with E-state index in [4.69, 9.17) is 0 Å². The van der Waals surface area contributed by atoms with Crippen molar-refractivity contribution in [2.75, 3.05) is 0 Å². The standard InChI is InChI=1S/C9H8FN3/c10-13-11-7-6-9(12-13)8-4-2-1-3-5-8/h1-7,12H. The molecule has 0 fully saturated rings. The van der Waals surface area contributed by atoms with Gasteiger partial charge in [0.1, 0.15) is 0 Å². The summed E-state index contributed by atoms with van der Waals surface area (Å²) in [6.45, 7) is 0. The van der Waals surface area contributed by atoms with E-state index in [0.717, 1.165) is 5.56 Å². The van der Waals surface area contributed by atoms with Crippen molar-refractivity contribution in [1.29, 1.82) is 0 Å². The normalized spacial score (nSPS) is 15.2. The Bertz CT molecular complexity index is 345. The van der Waals surface area contributed by atoms with Crippen molar-refractivity contribution >= 4 is 11.9 Å². The van der Waals surface area contributed by atoms with Gasteiger partial charge in [-0.15, -0.1) is 5.10 Å². The number of benzene rings is 1. The van der Waals surface area contributed by atoms with Crippen LogP contribution in [0.25, 0.3) is 5.70 Å². The molecule has 0 radical (unpaired) electrons. The molecule has 0 atom stereocenters. The van der Waals surface area contributed by atoms with Gasteiger partial charge in [0.2, 0.25) is 0 Å². The summed E-state index contributed by atoms with van der Waals surface area (Å²) < 4.78 is 12.6. The lowest BCUT2D eigenvalue weighted by atomic mass is 10.1. The highest BCUT2D eigenvalue weighted by molar-refractivity contribution is 5.84. The van der Waals surface area contributed by atoms with Crippen LogP contribution in [0.15, 0.2) is 41.5 Å². The largest absolute Gasteiger partial charge is 0.253 e. The Morgan fingerprint density at radius 1 is 1.23 bits per heavy atom. The summed E-state index contributed by atoms with van der Waals surface area (Å²) >= 11 is 0. The van der Waals surface area contributed by atoms with Crippen LogP contribution >= 0.6 is 0 Å². The third kappa shape index (κ3) is 1.66. The number of hydrazone groups is 1. The first-order valence-electron chi connectivity index (χ1n) is 3.88. The van der Waals surface area contributed by atoms with Crippen LogP contribution in [0.1, 0.15) is 5.56 Å². The molecule has 2 rings (SSSR count). The summed E-state index contributed by atoms with van der Waals surface area (Å²) in [7, 11) is 0. The summed E-state index contributed by atoms with van der Waals surface area (Å²) in [5.41, 5.74) is 4.08. The molecule has 0 aromatic heterocycles. The molecule has 1 aromatic rings. The molecule has 0 saturated carbocycles. The highest BCUT2D eigenvalue weighted by atomic mass is 19.2. The monoisotopic (exact) mass is 177 g/mol. The van der Waals surface area contributed by atoms with Crippen LogP contribution in [0.3, 0.4) is 0 Å². The van der Waals surface area contributed by atoms with Gasteiger partial charge in [0.15, 0.2) is 0 Å². The van der Waals surface area contributed by atoms with Crippen molar-refractivity contribution in [1.82, 2.24) is 10.8 Å². The maximum absolute atomic E-state index is 12.6.